The molecule has 5 aliphatic rings. The number of hydrogen-bond donors (Lipinski definition) is 2. The summed E-state index contributed by atoms with van der Waals surface area (Å²) >= 11 is 0. The van der Waals surface area contributed by atoms with E-state index in [1.165, 1.54) is 0 Å². The third-order valence-electron chi connectivity index (χ3n) is 11.2. The molecule has 2 fully saturated rings. The van der Waals surface area contributed by atoms with Gasteiger partial charge < -0.3 is 29.7 Å². The Morgan fingerprint density at radius 1 is 0.963 bits per heavy atom. The molecule has 8 rings (SSSR count). The summed E-state index contributed by atoms with van der Waals surface area (Å²) in [4.78, 5) is 72.6. The van der Waals surface area contributed by atoms with Gasteiger partial charge in [-0.1, -0.05) is 12.1 Å². The van der Waals surface area contributed by atoms with Gasteiger partial charge in [-0.3, -0.25) is 29.3 Å². The highest BCUT2D eigenvalue weighted by Gasteiger charge is 2.40. The molecule has 3 aromatic rings. The number of ether oxygens (including phenoxy) is 1. The average Bonchev–Trinajstić information content (AvgIpc) is 3.80. The average molecular weight is 735 g/mol. The smallest absolute Gasteiger partial charge is 0.261 e. The quantitative estimate of drug-likeness (QED) is 0.314. The second-order valence-electron chi connectivity index (χ2n) is 15.4. The molecule has 1 aromatic heterocycles. The van der Waals surface area contributed by atoms with E-state index in [0.29, 0.717) is 54.2 Å². The Bertz CT molecular complexity index is 2100. The molecule has 54 heavy (non-hydrogen) atoms. The molecule has 0 aliphatic carbocycles. The van der Waals surface area contributed by atoms with Gasteiger partial charge >= 0.3 is 0 Å². The van der Waals surface area contributed by atoms with E-state index in [4.69, 9.17) is 4.74 Å². The fraction of sp³-hybridized carbons (Fsp3) is 0.450. The van der Waals surface area contributed by atoms with Gasteiger partial charge in [0, 0.05) is 76.1 Å². The van der Waals surface area contributed by atoms with E-state index in [0.717, 1.165) is 67.0 Å². The van der Waals surface area contributed by atoms with Gasteiger partial charge in [-0.15, -0.1) is 0 Å². The summed E-state index contributed by atoms with van der Waals surface area (Å²) in [5.41, 5.74) is 6.28. The first-order valence-corrected chi connectivity index (χ1v) is 18.8. The number of carbonyl (C=O) groups is 5. The molecule has 14 heteroatoms. The Morgan fingerprint density at radius 3 is 2.46 bits per heavy atom. The highest BCUT2D eigenvalue weighted by Crippen LogP contribution is 2.37. The lowest BCUT2D eigenvalue weighted by atomic mass is 10.0. The van der Waals surface area contributed by atoms with E-state index in [1.807, 2.05) is 62.0 Å². The molecule has 14 nitrogen and oxygen atoms in total. The lowest BCUT2D eigenvalue weighted by molar-refractivity contribution is -0.136. The summed E-state index contributed by atoms with van der Waals surface area (Å²) in [6.45, 7) is 9.99. The summed E-state index contributed by atoms with van der Waals surface area (Å²) in [5.74, 6) is 0.0265. The molecule has 2 saturated heterocycles. The number of piperidine rings is 2. The number of anilines is 2. The van der Waals surface area contributed by atoms with E-state index >= 15 is 0 Å². The Kier molecular flexibility index (Phi) is 9.24. The highest BCUT2D eigenvalue weighted by atomic mass is 16.5. The fourth-order valence-corrected chi connectivity index (χ4v) is 8.51. The lowest BCUT2D eigenvalue weighted by Gasteiger charge is -2.36. The van der Waals surface area contributed by atoms with E-state index < -0.39 is 11.9 Å². The fourth-order valence-electron chi connectivity index (χ4n) is 8.51. The van der Waals surface area contributed by atoms with Gasteiger partial charge in [-0.2, -0.15) is 5.10 Å². The predicted molar refractivity (Wildman–Crippen MR) is 201 cm³/mol. The third-order valence-corrected chi connectivity index (χ3v) is 11.2. The molecule has 2 aromatic carbocycles. The highest BCUT2D eigenvalue weighted by molar-refractivity contribution is 6.09. The summed E-state index contributed by atoms with van der Waals surface area (Å²) in [6, 6.07) is 9.07. The topological polar surface area (TPSA) is 149 Å². The summed E-state index contributed by atoms with van der Waals surface area (Å²) < 4.78 is 7.86. The summed E-state index contributed by atoms with van der Waals surface area (Å²) in [7, 11) is 1.94. The van der Waals surface area contributed by atoms with E-state index in [-0.39, 0.29) is 42.2 Å². The van der Waals surface area contributed by atoms with Crippen molar-refractivity contribution < 1.29 is 28.7 Å². The van der Waals surface area contributed by atoms with Gasteiger partial charge in [-0.25, -0.2) is 4.68 Å². The number of benzene rings is 2. The maximum atomic E-state index is 13.8. The van der Waals surface area contributed by atoms with Crippen LogP contribution in [0.4, 0.5) is 11.5 Å². The van der Waals surface area contributed by atoms with Crippen molar-refractivity contribution in [2.75, 3.05) is 43.4 Å². The van der Waals surface area contributed by atoms with Crippen molar-refractivity contribution in [2.45, 2.75) is 84.2 Å². The molecule has 282 valence electrons. The van der Waals surface area contributed by atoms with Crippen molar-refractivity contribution in [3.63, 3.8) is 0 Å². The van der Waals surface area contributed by atoms with E-state index in [1.54, 1.807) is 21.8 Å². The molecule has 5 amide bonds. The predicted octanol–water partition coefficient (Wildman–Crippen LogP) is 3.66. The molecule has 0 spiro atoms. The molecule has 6 heterocycles. The number of carbonyl (C=O) groups excluding carboxylic acids is 5. The molecule has 1 unspecified atom stereocenters. The van der Waals surface area contributed by atoms with Crippen LogP contribution in [0.3, 0.4) is 0 Å². The number of likely N-dealkylation sites (tertiary alicyclic amines) is 1. The van der Waals surface area contributed by atoms with Gasteiger partial charge in [-0.05, 0) is 86.9 Å². The Hall–Kier alpha value is -5.50. The monoisotopic (exact) mass is 734 g/mol. The number of hydrogen-bond acceptors (Lipinski definition) is 9. The SMILES string of the molecule is CC1=Cn2ncc(C(=O)Nc3cc4c(cc3OC(C)C)C(=O)N(C3CCN(CCc5ccc6c(c5)CN(C5CCC(=O)NC5=O)C6=O)CC3)C4)c2N(C)C1. The van der Waals surface area contributed by atoms with Crippen LogP contribution < -0.4 is 20.3 Å². The van der Waals surface area contributed by atoms with Crippen LogP contribution in [0.2, 0.25) is 0 Å². The summed E-state index contributed by atoms with van der Waals surface area (Å²) in [6.07, 6.45) is 6.46. The van der Waals surface area contributed by atoms with E-state index in [2.05, 4.69) is 26.7 Å². The van der Waals surface area contributed by atoms with Crippen LogP contribution in [-0.2, 0) is 29.1 Å². The van der Waals surface area contributed by atoms with Crippen molar-refractivity contribution in [3.05, 3.63) is 75.5 Å². The van der Waals surface area contributed by atoms with Crippen LogP contribution in [-0.4, -0.2) is 105 Å². The minimum absolute atomic E-state index is 0.0107. The lowest BCUT2D eigenvalue weighted by Crippen LogP contribution is -2.52. The summed E-state index contributed by atoms with van der Waals surface area (Å²) in [5, 5.41) is 9.83. The number of nitrogens with one attached hydrogen (secondary N) is 2. The van der Waals surface area contributed by atoms with Gasteiger partial charge in [0.1, 0.15) is 23.2 Å². The zero-order chi connectivity index (χ0) is 37.8. The van der Waals surface area contributed by atoms with Gasteiger partial charge in [0.25, 0.3) is 17.7 Å². The zero-order valence-electron chi connectivity index (χ0n) is 31.2. The molecule has 2 N–H and O–H groups in total. The maximum absolute atomic E-state index is 13.8. The maximum Gasteiger partial charge on any atom is 0.261 e. The molecule has 0 bridgehead atoms. The Labute approximate surface area is 314 Å². The van der Waals surface area contributed by atoms with Crippen molar-refractivity contribution in [1.82, 2.24) is 29.8 Å². The number of amides is 5. The largest absolute Gasteiger partial charge is 0.489 e. The van der Waals surface area contributed by atoms with Crippen LogP contribution in [0.25, 0.3) is 6.20 Å². The van der Waals surface area contributed by atoms with Crippen LogP contribution >= 0.6 is 0 Å². The number of imide groups is 1. The Balaban J connectivity index is 0.884. The van der Waals surface area contributed by atoms with Crippen LogP contribution in [0.15, 0.2) is 42.1 Å². The molecule has 0 radical (unpaired) electrons. The standard InChI is InChI=1S/C40H46N8O6/c1-23(2)54-34-17-30-27(16-32(34)42-36(50)31-18-41-48-20-24(3)19-44(4)38(31)48)21-46(40(30)53)28-10-13-45(14-11-28)12-9-25-5-6-29-26(15-25)22-47(39(29)52)33-7-8-35(49)43-37(33)51/h5-6,15-18,20,23,28,33H,7-14,19,21-22H2,1-4H3,(H,42,50)(H,43,49,51). The minimum atomic E-state index is -0.621. The molecule has 0 saturated carbocycles. The molecule has 5 aliphatic heterocycles. The van der Waals surface area contributed by atoms with Gasteiger partial charge in [0.15, 0.2) is 0 Å². The molecular weight excluding hydrogens is 688 g/mol. The van der Waals surface area contributed by atoms with Gasteiger partial charge in [0.2, 0.25) is 11.8 Å². The number of likely N-dealkylation sites (N-methyl/N-ethyl adjacent to an activating group) is 1. The number of aromatic nitrogens is 2. The van der Waals surface area contributed by atoms with E-state index in [9.17, 15) is 24.0 Å². The number of fused-ring (bicyclic) bond motifs is 3. The molecule has 1 atom stereocenters. The first-order chi connectivity index (χ1) is 25.9. The van der Waals surface area contributed by atoms with Crippen LogP contribution in [0, 0.1) is 0 Å². The number of rotatable bonds is 9. The van der Waals surface area contributed by atoms with Crippen molar-refractivity contribution in [2.24, 2.45) is 0 Å². The number of nitrogens with zero attached hydrogens (tertiary/aromatic N) is 6. The second kappa shape index (κ2) is 14.0. The van der Waals surface area contributed by atoms with Crippen molar-refractivity contribution >= 4 is 47.2 Å². The first kappa shape index (κ1) is 35.5. The molecular formula is C40H46N8O6. The van der Waals surface area contributed by atoms with Crippen LogP contribution in [0.5, 0.6) is 5.75 Å². The normalized spacial score (nSPS) is 20.3. The van der Waals surface area contributed by atoms with Crippen LogP contribution in [0.1, 0.15) is 94.2 Å². The third kappa shape index (κ3) is 6.63. The Morgan fingerprint density at radius 2 is 1.70 bits per heavy atom. The first-order valence-electron chi connectivity index (χ1n) is 18.8. The van der Waals surface area contributed by atoms with Gasteiger partial charge in [0.05, 0.1) is 18.0 Å². The zero-order valence-corrected chi connectivity index (χ0v) is 31.2. The minimum Gasteiger partial charge on any atom is -0.489 e. The van der Waals surface area contributed by atoms with Crippen molar-refractivity contribution in [1.29, 1.82) is 0 Å². The van der Waals surface area contributed by atoms with Crippen molar-refractivity contribution in [3.8, 4) is 5.75 Å². The second-order valence-corrected chi connectivity index (χ2v) is 15.4.